The van der Waals surface area contributed by atoms with E-state index in [1.807, 2.05) is 26.8 Å². The summed E-state index contributed by atoms with van der Waals surface area (Å²) in [5.74, 6) is -1.86. The van der Waals surface area contributed by atoms with Gasteiger partial charge in [-0.2, -0.15) is 0 Å². The number of hydrogen-bond donors (Lipinski definition) is 0. The van der Waals surface area contributed by atoms with E-state index < -0.39 is 11.5 Å². The number of aryl methyl sites for hydroxylation is 1. The van der Waals surface area contributed by atoms with Crippen molar-refractivity contribution in [1.82, 2.24) is 4.90 Å². The first kappa shape index (κ1) is 19.2. The number of hydrogen-bond acceptors (Lipinski definition) is 3. The molecule has 1 fully saturated rings. The lowest BCUT2D eigenvalue weighted by Crippen LogP contribution is -2.50. The van der Waals surface area contributed by atoms with Crippen LogP contribution in [0, 0.1) is 6.92 Å². The Morgan fingerprint density at radius 2 is 1.96 bits per heavy atom. The van der Waals surface area contributed by atoms with Gasteiger partial charge in [0, 0.05) is 25.6 Å². The summed E-state index contributed by atoms with van der Waals surface area (Å²) in [5.41, 5.74) is 0.0447. The molecule has 1 aromatic heterocycles. The van der Waals surface area contributed by atoms with Crippen molar-refractivity contribution in [3.05, 3.63) is 41.4 Å². The maximum atomic E-state index is 13.5. The fraction of sp³-hybridized carbons (Fsp3) is 0.526. The molecule has 1 aromatic rings. The Morgan fingerprint density at radius 3 is 2.44 bits per heavy atom. The number of alkyl halides is 2. The predicted octanol–water partition coefficient (Wildman–Crippen LogP) is 5.15. The van der Waals surface area contributed by atoms with Crippen LogP contribution in [0.2, 0.25) is 0 Å². The number of amides is 1. The third-order valence-electron chi connectivity index (χ3n) is 3.92. The van der Waals surface area contributed by atoms with Crippen molar-refractivity contribution >= 4 is 12.2 Å². The molecule has 0 bridgehead atoms. The summed E-state index contributed by atoms with van der Waals surface area (Å²) in [5, 5.41) is 0. The van der Waals surface area contributed by atoms with Crippen molar-refractivity contribution in [2.24, 2.45) is 0 Å². The number of halogens is 2. The second-order valence-electron chi connectivity index (χ2n) is 7.47. The van der Waals surface area contributed by atoms with Gasteiger partial charge in [0.1, 0.15) is 17.1 Å². The SMILES string of the molecule is C=C/C(=C\c1oc(C2CN(C(=O)OC(C)(C)C)C2)cc1C)C(C)(F)F. The van der Waals surface area contributed by atoms with E-state index in [1.165, 1.54) is 6.08 Å². The van der Waals surface area contributed by atoms with Crippen LogP contribution in [-0.2, 0) is 4.74 Å². The third-order valence-corrected chi connectivity index (χ3v) is 3.92. The van der Waals surface area contributed by atoms with Crippen LogP contribution in [0.5, 0.6) is 0 Å². The maximum Gasteiger partial charge on any atom is 0.410 e. The molecule has 0 radical (unpaired) electrons. The van der Waals surface area contributed by atoms with Crippen LogP contribution in [0.15, 0.2) is 28.7 Å². The van der Waals surface area contributed by atoms with E-state index in [2.05, 4.69) is 6.58 Å². The predicted molar refractivity (Wildman–Crippen MR) is 92.8 cm³/mol. The normalized spacial score (nSPS) is 16.6. The topological polar surface area (TPSA) is 42.7 Å². The van der Waals surface area contributed by atoms with E-state index in [0.29, 0.717) is 24.6 Å². The number of allylic oxidation sites excluding steroid dienone is 2. The van der Waals surface area contributed by atoms with E-state index in [0.717, 1.165) is 18.6 Å². The average molecular weight is 353 g/mol. The molecule has 0 unspecified atom stereocenters. The van der Waals surface area contributed by atoms with Crippen LogP contribution >= 0.6 is 0 Å². The number of furan rings is 1. The molecule has 138 valence electrons. The minimum absolute atomic E-state index is 0.0442. The highest BCUT2D eigenvalue weighted by molar-refractivity contribution is 5.69. The largest absolute Gasteiger partial charge is 0.461 e. The third kappa shape index (κ3) is 4.71. The number of carbonyl (C=O) groups is 1. The molecule has 2 rings (SSSR count). The highest BCUT2D eigenvalue weighted by Gasteiger charge is 2.36. The number of nitrogens with zero attached hydrogens (tertiary/aromatic N) is 1. The zero-order valence-corrected chi connectivity index (χ0v) is 15.4. The Labute approximate surface area is 147 Å². The second-order valence-corrected chi connectivity index (χ2v) is 7.47. The maximum absolute atomic E-state index is 13.5. The summed E-state index contributed by atoms with van der Waals surface area (Å²) < 4.78 is 38.0. The molecule has 4 nitrogen and oxygen atoms in total. The number of carbonyl (C=O) groups excluding carboxylic acids is 1. The molecule has 0 atom stereocenters. The summed E-state index contributed by atoms with van der Waals surface area (Å²) in [6.45, 7) is 12.5. The van der Waals surface area contributed by atoms with Gasteiger partial charge >= 0.3 is 6.09 Å². The number of rotatable bonds is 4. The van der Waals surface area contributed by atoms with Crippen LogP contribution in [-0.4, -0.2) is 35.6 Å². The first-order valence-corrected chi connectivity index (χ1v) is 8.21. The highest BCUT2D eigenvalue weighted by atomic mass is 19.3. The van der Waals surface area contributed by atoms with Crippen LogP contribution < -0.4 is 0 Å². The van der Waals surface area contributed by atoms with Gasteiger partial charge in [0.25, 0.3) is 5.92 Å². The van der Waals surface area contributed by atoms with E-state index in [1.54, 1.807) is 11.8 Å². The summed E-state index contributed by atoms with van der Waals surface area (Å²) in [6.07, 6.45) is 2.09. The smallest absolute Gasteiger partial charge is 0.410 e. The zero-order chi connectivity index (χ0) is 19.0. The molecular weight excluding hydrogens is 328 g/mol. The lowest BCUT2D eigenvalue weighted by atomic mass is 9.97. The van der Waals surface area contributed by atoms with Gasteiger partial charge < -0.3 is 14.1 Å². The molecule has 0 aromatic carbocycles. The molecule has 1 saturated heterocycles. The molecule has 1 aliphatic heterocycles. The molecule has 1 amide bonds. The van der Waals surface area contributed by atoms with Gasteiger partial charge in [0.15, 0.2) is 0 Å². The summed E-state index contributed by atoms with van der Waals surface area (Å²) in [4.78, 5) is 13.5. The first-order valence-electron chi connectivity index (χ1n) is 8.21. The number of likely N-dealkylation sites (tertiary alicyclic amines) is 1. The molecule has 0 spiro atoms. The van der Waals surface area contributed by atoms with Gasteiger partial charge in [-0.25, -0.2) is 13.6 Å². The van der Waals surface area contributed by atoms with Crippen molar-refractivity contribution in [3.8, 4) is 0 Å². The van der Waals surface area contributed by atoms with Crippen molar-refractivity contribution < 1.29 is 22.7 Å². The lowest BCUT2D eigenvalue weighted by Gasteiger charge is -2.38. The van der Waals surface area contributed by atoms with Crippen LogP contribution in [0.3, 0.4) is 0 Å². The molecule has 6 heteroatoms. The van der Waals surface area contributed by atoms with Gasteiger partial charge in [0.05, 0.1) is 5.92 Å². The van der Waals surface area contributed by atoms with Crippen LogP contribution in [0.25, 0.3) is 6.08 Å². The quantitative estimate of drug-likeness (QED) is 0.703. The molecule has 0 N–H and O–H groups in total. The van der Waals surface area contributed by atoms with Gasteiger partial charge in [-0.05, 0) is 45.4 Å². The van der Waals surface area contributed by atoms with Crippen molar-refractivity contribution in [3.63, 3.8) is 0 Å². The minimum Gasteiger partial charge on any atom is -0.461 e. The lowest BCUT2D eigenvalue weighted by molar-refractivity contribution is 0.00649. The Balaban J connectivity index is 2.06. The Morgan fingerprint density at radius 1 is 1.36 bits per heavy atom. The van der Waals surface area contributed by atoms with E-state index >= 15 is 0 Å². The summed E-state index contributed by atoms with van der Waals surface area (Å²) in [7, 11) is 0. The van der Waals surface area contributed by atoms with Crippen molar-refractivity contribution in [2.75, 3.05) is 13.1 Å². The molecule has 1 aliphatic rings. The van der Waals surface area contributed by atoms with E-state index in [-0.39, 0.29) is 17.6 Å². The van der Waals surface area contributed by atoms with Gasteiger partial charge in [-0.1, -0.05) is 12.7 Å². The van der Waals surface area contributed by atoms with Crippen LogP contribution in [0.4, 0.5) is 13.6 Å². The van der Waals surface area contributed by atoms with Gasteiger partial charge in [-0.15, -0.1) is 0 Å². The number of ether oxygens (including phenoxy) is 1. The fourth-order valence-corrected chi connectivity index (χ4v) is 2.51. The Bertz CT molecular complexity index is 687. The second kappa shape index (κ2) is 6.65. The molecule has 25 heavy (non-hydrogen) atoms. The average Bonchev–Trinajstić information content (AvgIpc) is 2.71. The molecule has 2 heterocycles. The molecular formula is C19H25F2NO3. The zero-order valence-electron chi connectivity index (χ0n) is 15.4. The monoisotopic (exact) mass is 353 g/mol. The Hall–Kier alpha value is -2.11. The standard InChI is InChI=1S/C19H25F2NO3/c1-7-14(19(6,20)21)9-15-12(2)8-16(24-15)13-10-22(11-13)17(23)25-18(3,4)5/h7-9,13H,1,10-11H2,2-6H3/b14-9+. The van der Waals surface area contributed by atoms with Gasteiger partial charge in [0.2, 0.25) is 0 Å². The summed E-state index contributed by atoms with van der Waals surface area (Å²) in [6, 6.07) is 1.83. The van der Waals surface area contributed by atoms with E-state index in [9.17, 15) is 13.6 Å². The first-order chi connectivity index (χ1) is 11.4. The summed E-state index contributed by atoms with van der Waals surface area (Å²) >= 11 is 0. The van der Waals surface area contributed by atoms with E-state index in [4.69, 9.17) is 9.15 Å². The van der Waals surface area contributed by atoms with Crippen molar-refractivity contribution in [2.45, 2.75) is 52.1 Å². The molecule has 0 saturated carbocycles. The van der Waals surface area contributed by atoms with Crippen LogP contribution in [0.1, 0.15) is 50.7 Å². The Kier molecular flexibility index (Phi) is 5.11. The molecule has 0 aliphatic carbocycles. The fourth-order valence-electron chi connectivity index (χ4n) is 2.51. The minimum atomic E-state index is -2.98. The van der Waals surface area contributed by atoms with Crippen molar-refractivity contribution in [1.29, 1.82) is 0 Å². The highest BCUT2D eigenvalue weighted by Crippen LogP contribution is 2.33. The van der Waals surface area contributed by atoms with Gasteiger partial charge in [-0.3, -0.25) is 0 Å².